The molecule has 0 fully saturated rings. The zero-order valence-corrected chi connectivity index (χ0v) is 20.0. The zero-order valence-electron chi connectivity index (χ0n) is 20.0. The number of amides is 2. The molecule has 2 rings (SSSR count). The highest BCUT2D eigenvalue weighted by Gasteiger charge is 2.20. The summed E-state index contributed by atoms with van der Waals surface area (Å²) >= 11 is 0. The molecule has 1 atom stereocenters. The van der Waals surface area contributed by atoms with E-state index >= 15 is 0 Å². The van der Waals surface area contributed by atoms with E-state index in [0.717, 1.165) is 12.0 Å². The van der Waals surface area contributed by atoms with Crippen LogP contribution < -0.4 is 11.1 Å². The van der Waals surface area contributed by atoms with E-state index in [2.05, 4.69) is 17.4 Å². The number of hydrogen-bond donors (Lipinski definition) is 2. The predicted molar refractivity (Wildman–Crippen MR) is 131 cm³/mol. The molecule has 0 bridgehead atoms. The molecular weight excluding hydrogens is 418 g/mol. The molecule has 3 N–H and O–H groups in total. The minimum absolute atomic E-state index is 0.0173. The first-order chi connectivity index (χ1) is 15.9. The zero-order chi connectivity index (χ0) is 24.1. The summed E-state index contributed by atoms with van der Waals surface area (Å²) in [7, 11) is 0. The minimum Gasteiger partial charge on any atom is -0.351 e. The van der Waals surface area contributed by atoms with E-state index in [-0.39, 0.29) is 11.8 Å². The smallest absolute Gasteiger partial charge is 0.241 e. The number of aryl methyl sites for hydroxylation is 1. The number of benzene rings is 2. The molecule has 2 amide bonds. The van der Waals surface area contributed by atoms with Crippen molar-refractivity contribution in [1.29, 1.82) is 0 Å². The number of nitrogens with two attached hydrogens (primary N) is 1. The summed E-state index contributed by atoms with van der Waals surface area (Å²) in [6, 6.07) is 17.0. The van der Waals surface area contributed by atoms with Crippen LogP contribution >= 0.6 is 0 Å². The molecule has 33 heavy (non-hydrogen) atoms. The molecule has 180 valence electrons. The summed E-state index contributed by atoms with van der Waals surface area (Å²) < 4.78 is 11.4. The Morgan fingerprint density at radius 2 is 1.61 bits per heavy atom. The van der Waals surface area contributed by atoms with Crippen molar-refractivity contribution in [3.63, 3.8) is 0 Å². The molecule has 0 saturated carbocycles. The molecule has 2 aromatic carbocycles. The van der Waals surface area contributed by atoms with Gasteiger partial charge in [0, 0.05) is 31.9 Å². The van der Waals surface area contributed by atoms with Crippen molar-refractivity contribution in [1.82, 2.24) is 4.90 Å². The highest BCUT2D eigenvalue weighted by molar-refractivity contribution is 5.95. The fraction of sp³-hybridized carbons (Fsp3) is 0.462. The molecule has 0 aliphatic heterocycles. The van der Waals surface area contributed by atoms with Crippen molar-refractivity contribution in [2.75, 3.05) is 31.6 Å². The van der Waals surface area contributed by atoms with Crippen LogP contribution in [-0.4, -0.2) is 55.3 Å². The summed E-state index contributed by atoms with van der Waals surface area (Å²) in [5.41, 5.74) is 8.43. The van der Waals surface area contributed by atoms with Crippen molar-refractivity contribution in [2.24, 2.45) is 5.73 Å². The average molecular weight is 456 g/mol. The Labute approximate surface area is 197 Å². The number of anilines is 1. The van der Waals surface area contributed by atoms with E-state index in [9.17, 15) is 9.59 Å². The van der Waals surface area contributed by atoms with Gasteiger partial charge in [-0.2, -0.15) is 0 Å². The fourth-order valence-corrected chi connectivity index (χ4v) is 3.44. The maximum absolute atomic E-state index is 13.2. The van der Waals surface area contributed by atoms with Crippen LogP contribution in [0.2, 0.25) is 0 Å². The lowest BCUT2D eigenvalue weighted by atomic mass is 10.1. The molecule has 0 spiro atoms. The van der Waals surface area contributed by atoms with Gasteiger partial charge in [-0.15, -0.1) is 0 Å². The number of ether oxygens (including phenoxy) is 2. The SMILES string of the molecule is CCOC(CN(CCc1ccccc1)C(=O)CCc1ccccc1NC(=O)C(C)N)OCC. The molecule has 7 nitrogen and oxygen atoms in total. The predicted octanol–water partition coefficient (Wildman–Crippen LogP) is 3.38. The normalized spacial score (nSPS) is 11.9. The lowest BCUT2D eigenvalue weighted by Gasteiger charge is -2.28. The van der Waals surface area contributed by atoms with Gasteiger partial charge in [0.05, 0.1) is 12.6 Å². The number of nitrogens with one attached hydrogen (secondary N) is 1. The Hall–Kier alpha value is -2.74. The van der Waals surface area contributed by atoms with Gasteiger partial charge in [-0.25, -0.2) is 0 Å². The largest absolute Gasteiger partial charge is 0.351 e. The van der Waals surface area contributed by atoms with E-state index in [1.165, 1.54) is 5.56 Å². The summed E-state index contributed by atoms with van der Waals surface area (Å²) in [5, 5.41) is 2.85. The number of rotatable bonds is 14. The number of carbonyl (C=O) groups excluding carboxylic acids is 2. The number of hydrogen-bond acceptors (Lipinski definition) is 5. The van der Waals surface area contributed by atoms with E-state index in [4.69, 9.17) is 15.2 Å². The van der Waals surface area contributed by atoms with Crippen molar-refractivity contribution in [2.45, 2.75) is 52.4 Å². The van der Waals surface area contributed by atoms with Gasteiger partial charge in [0.15, 0.2) is 6.29 Å². The summed E-state index contributed by atoms with van der Waals surface area (Å²) in [6.07, 6.45) is 1.10. The van der Waals surface area contributed by atoms with Crippen LogP contribution in [0.15, 0.2) is 54.6 Å². The topological polar surface area (TPSA) is 93.9 Å². The minimum atomic E-state index is -0.609. The Morgan fingerprint density at radius 1 is 0.970 bits per heavy atom. The molecule has 7 heteroatoms. The first kappa shape index (κ1) is 26.5. The van der Waals surface area contributed by atoms with Crippen LogP contribution in [0.25, 0.3) is 0 Å². The van der Waals surface area contributed by atoms with Crippen LogP contribution in [0, 0.1) is 0 Å². The Kier molecular flexibility index (Phi) is 11.6. The highest BCUT2D eigenvalue weighted by atomic mass is 16.7. The van der Waals surface area contributed by atoms with Gasteiger partial charge >= 0.3 is 0 Å². The molecule has 0 radical (unpaired) electrons. The molecule has 0 aliphatic carbocycles. The number of carbonyl (C=O) groups is 2. The second kappa shape index (κ2) is 14.4. The van der Waals surface area contributed by atoms with Crippen molar-refractivity contribution in [3.8, 4) is 0 Å². The summed E-state index contributed by atoms with van der Waals surface area (Å²) in [6.45, 7) is 7.43. The lowest BCUT2D eigenvalue weighted by Crippen LogP contribution is -2.41. The average Bonchev–Trinajstić information content (AvgIpc) is 2.81. The van der Waals surface area contributed by atoms with Crippen LogP contribution in [0.4, 0.5) is 5.69 Å². The maximum Gasteiger partial charge on any atom is 0.241 e. The Bertz CT molecular complexity index is 852. The second-order valence-electron chi connectivity index (χ2n) is 7.85. The van der Waals surface area contributed by atoms with Crippen molar-refractivity contribution < 1.29 is 19.1 Å². The van der Waals surface area contributed by atoms with Crippen molar-refractivity contribution >= 4 is 17.5 Å². The third-order valence-electron chi connectivity index (χ3n) is 5.24. The third kappa shape index (κ3) is 9.34. The molecule has 0 heterocycles. The van der Waals surface area contributed by atoms with Gasteiger partial charge in [0.1, 0.15) is 0 Å². The molecule has 0 aliphatic rings. The van der Waals surface area contributed by atoms with Crippen LogP contribution in [0.5, 0.6) is 0 Å². The lowest BCUT2D eigenvalue weighted by molar-refractivity contribution is -0.158. The van der Waals surface area contributed by atoms with E-state index in [0.29, 0.717) is 44.8 Å². The monoisotopic (exact) mass is 455 g/mol. The highest BCUT2D eigenvalue weighted by Crippen LogP contribution is 2.18. The Morgan fingerprint density at radius 3 is 2.24 bits per heavy atom. The van der Waals surface area contributed by atoms with Crippen LogP contribution in [0.1, 0.15) is 38.3 Å². The molecule has 2 aromatic rings. The van der Waals surface area contributed by atoms with Crippen LogP contribution in [0.3, 0.4) is 0 Å². The second-order valence-corrected chi connectivity index (χ2v) is 7.85. The van der Waals surface area contributed by atoms with E-state index < -0.39 is 12.3 Å². The van der Waals surface area contributed by atoms with Gasteiger partial charge in [-0.05, 0) is 50.8 Å². The van der Waals surface area contributed by atoms with Gasteiger partial charge < -0.3 is 25.4 Å². The third-order valence-corrected chi connectivity index (χ3v) is 5.24. The van der Waals surface area contributed by atoms with E-state index in [1.54, 1.807) is 6.92 Å². The molecule has 1 unspecified atom stereocenters. The van der Waals surface area contributed by atoms with Gasteiger partial charge in [-0.3, -0.25) is 9.59 Å². The van der Waals surface area contributed by atoms with Crippen molar-refractivity contribution in [3.05, 3.63) is 65.7 Å². The van der Waals surface area contributed by atoms with Gasteiger partial charge in [-0.1, -0.05) is 48.5 Å². The van der Waals surface area contributed by atoms with Gasteiger partial charge in [0.2, 0.25) is 11.8 Å². The fourth-order valence-electron chi connectivity index (χ4n) is 3.44. The Balaban J connectivity index is 2.08. The molecular formula is C26H37N3O4. The number of para-hydroxylation sites is 1. The quantitative estimate of drug-likeness (QED) is 0.426. The molecule has 0 saturated heterocycles. The summed E-state index contributed by atoms with van der Waals surface area (Å²) in [5.74, 6) is -0.238. The van der Waals surface area contributed by atoms with Crippen LogP contribution in [-0.2, 0) is 31.9 Å². The first-order valence-electron chi connectivity index (χ1n) is 11.6. The standard InChI is InChI=1S/C26H37N3O4/c1-4-32-25(33-5-2)19-29(18-17-21-11-7-6-8-12-21)24(30)16-15-22-13-9-10-14-23(22)28-26(31)20(3)27/h6-14,20,25H,4-5,15-19,27H2,1-3H3,(H,28,31). The first-order valence-corrected chi connectivity index (χ1v) is 11.6. The van der Waals surface area contributed by atoms with Gasteiger partial charge in [0.25, 0.3) is 0 Å². The molecule has 0 aromatic heterocycles. The summed E-state index contributed by atoms with van der Waals surface area (Å²) in [4.78, 5) is 27.1. The number of nitrogens with zero attached hydrogens (tertiary/aromatic N) is 1. The van der Waals surface area contributed by atoms with E-state index in [1.807, 2.05) is 61.2 Å². The maximum atomic E-state index is 13.2.